The molecule has 0 aliphatic carbocycles. The molecule has 4 rings (SSSR count). The van der Waals surface area contributed by atoms with Gasteiger partial charge in [0.15, 0.2) is 0 Å². The van der Waals surface area contributed by atoms with E-state index in [4.69, 9.17) is 17.2 Å². The Morgan fingerprint density at radius 2 is 1.79 bits per heavy atom. The molecule has 1 N–H and O–H groups in total. The molecule has 1 aliphatic rings. The number of amides is 2. The van der Waals surface area contributed by atoms with Gasteiger partial charge in [0, 0.05) is 33.4 Å². The Balaban J connectivity index is 0.000000732. The highest BCUT2D eigenvalue weighted by molar-refractivity contribution is 8.26. The van der Waals surface area contributed by atoms with Gasteiger partial charge in [-0.05, 0) is 43.0 Å². The summed E-state index contributed by atoms with van der Waals surface area (Å²) in [5, 5.41) is 3.32. The van der Waals surface area contributed by atoms with Gasteiger partial charge >= 0.3 is 0 Å². The maximum absolute atomic E-state index is 13.5. The van der Waals surface area contributed by atoms with Crippen LogP contribution < -0.4 is 10.9 Å². The number of nitrogens with zero attached hydrogens (tertiary/aromatic N) is 4. The van der Waals surface area contributed by atoms with Gasteiger partial charge in [-0.15, -0.1) is 0 Å². The monoisotopic (exact) mass is 551 g/mol. The summed E-state index contributed by atoms with van der Waals surface area (Å²) < 4.78 is 2.03. The van der Waals surface area contributed by atoms with Gasteiger partial charge < -0.3 is 10.2 Å². The third kappa shape index (κ3) is 7.08. The molecule has 1 aliphatic heterocycles. The molecule has 3 heterocycles. The maximum atomic E-state index is 13.5. The van der Waals surface area contributed by atoms with E-state index in [1.165, 1.54) is 26.6 Å². The van der Waals surface area contributed by atoms with Gasteiger partial charge in [-0.3, -0.25) is 23.7 Å². The van der Waals surface area contributed by atoms with E-state index < -0.39 is 0 Å². The summed E-state index contributed by atoms with van der Waals surface area (Å²) in [6.45, 7) is 9.09. The second-order valence-electron chi connectivity index (χ2n) is 9.66. The number of thiocarbonyl (C=S) groups is 1. The van der Waals surface area contributed by atoms with Crippen LogP contribution in [0.5, 0.6) is 0 Å². The van der Waals surface area contributed by atoms with Crippen LogP contribution >= 0.6 is 24.0 Å². The lowest BCUT2D eigenvalue weighted by molar-refractivity contribution is -0.122. The molecule has 1 saturated heterocycles. The number of aryl methyl sites for hydroxylation is 2. The molecule has 1 aromatic carbocycles. The van der Waals surface area contributed by atoms with E-state index in [1.54, 1.807) is 31.3 Å². The smallest absolute Gasteiger partial charge is 0.267 e. The standard InChI is InChI=1S/C25H26N4O2S2.C3H7NO/c1-15(2)14-29-24(31)20(33-25(29)32)12-19-21(26-13-18-9-7-16(3)8-10-18)27-22-17(4)6-5-11-28(22)23(19)30;1-4(2)3-5/h5-12,15,26H,13-14H2,1-4H3;3H,1-2H3/b20-12-;. The topological polar surface area (TPSA) is 87.0 Å². The van der Waals surface area contributed by atoms with Crippen LogP contribution in [-0.2, 0) is 16.1 Å². The molecule has 0 saturated carbocycles. The number of pyridine rings is 1. The first-order chi connectivity index (χ1) is 18.0. The highest BCUT2D eigenvalue weighted by Gasteiger charge is 2.33. The summed E-state index contributed by atoms with van der Waals surface area (Å²) in [5.41, 5.74) is 3.84. The molecule has 38 heavy (non-hydrogen) atoms. The van der Waals surface area contributed by atoms with Crippen molar-refractivity contribution in [2.24, 2.45) is 5.92 Å². The van der Waals surface area contributed by atoms with E-state index in [1.807, 2.05) is 64.1 Å². The van der Waals surface area contributed by atoms with Crippen molar-refractivity contribution in [1.29, 1.82) is 0 Å². The zero-order valence-electron chi connectivity index (χ0n) is 22.5. The number of thioether (sulfide) groups is 1. The number of fused-ring (bicyclic) bond motifs is 1. The number of rotatable bonds is 7. The first-order valence-corrected chi connectivity index (χ1v) is 13.4. The van der Waals surface area contributed by atoms with Crippen LogP contribution in [0.15, 0.2) is 52.3 Å². The molecule has 0 bridgehead atoms. The largest absolute Gasteiger partial charge is 0.365 e. The number of carbonyl (C=O) groups is 2. The van der Waals surface area contributed by atoms with E-state index in [0.29, 0.717) is 39.3 Å². The Morgan fingerprint density at radius 1 is 1.13 bits per heavy atom. The molecule has 3 aromatic rings. The van der Waals surface area contributed by atoms with Crippen LogP contribution in [0, 0.1) is 19.8 Å². The van der Waals surface area contributed by atoms with Gasteiger partial charge in [0.25, 0.3) is 11.5 Å². The Hall–Kier alpha value is -3.50. The van der Waals surface area contributed by atoms with Crippen LogP contribution in [-0.4, -0.2) is 56.5 Å². The fourth-order valence-electron chi connectivity index (χ4n) is 3.62. The normalized spacial score (nSPS) is 14.2. The van der Waals surface area contributed by atoms with Gasteiger partial charge in [0.05, 0.1) is 10.5 Å². The van der Waals surface area contributed by atoms with Crippen molar-refractivity contribution in [1.82, 2.24) is 19.2 Å². The zero-order valence-corrected chi connectivity index (χ0v) is 24.2. The predicted molar refractivity (Wildman–Crippen MR) is 159 cm³/mol. The van der Waals surface area contributed by atoms with E-state index >= 15 is 0 Å². The van der Waals surface area contributed by atoms with E-state index in [0.717, 1.165) is 17.5 Å². The van der Waals surface area contributed by atoms with Gasteiger partial charge in [-0.1, -0.05) is 73.7 Å². The molecule has 0 atom stereocenters. The third-order valence-corrected chi connectivity index (χ3v) is 6.95. The van der Waals surface area contributed by atoms with E-state index in [9.17, 15) is 14.4 Å². The molecule has 8 nitrogen and oxygen atoms in total. The van der Waals surface area contributed by atoms with Gasteiger partial charge in [-0.2, -0.15) is 0 Å². The van der Waals surface area contributed by atoms with Crippen LogP contribution in [0.25, 0.3) is 11.7 Å². The number of hydrogen-bond acceptors (Lipinski definition) is 7. The molecule has 0 spiro atoms. The van der Waals surface area contributed by atoms with Crippen LogP contribution in [0.2, 0.25) is 0 Å². The molecular weight excluding hydrogens is 518 g/mol. The highest BCUT2D eigenvalue weighted by Crippen LogP contribution is 2.33. The fourth-order valence-corrected chi connectivity index (χ4v) is 4.88. The highest BCUT2D eigenvalue weighted by atomic mass is 32.2. The number of hydrogen-bond donors (Lipinski definition) is 1. The minimum absolute atomic E-state index is 0.170. The average molecular weight is 552 g/mol. The molecule has 0 radical (unpaired) electrons. The van der Waals surface area contributed by atoms with Crippen molar-refractivity contribution >= 4 is 58.2 Å². The van der Waals surface area contributed by atoms with Gasteiger partial charge in [0.2, 0.25) is 6.41 Å². The van der Waals surface area contributed by atoms with Crippen molar-refractivity contribution in [3.8, 4) is 0 Å². The number of benzene rings is 1. The zero-order chi connectivity index (χ0) is 28.0. The number of carbonyl (C=O) groups excluding carboxylic acids is 2. The summed E-state index contributed by atoms with van der Waals surface area (Å²) >= 11 is 6.65. The van der Waals surface area contributed by atoms with Crippen molar-refractivity contribution in [3.05, 3.63) is 80.1 Å². The second kappa shape index (κ2) is 12.8. The number of aromatic nitrogens is 2. The predicted octanol–water partition coefficient (Wildman–Crippen LogP) is 4.49. The Morgan fingerprint density at radius 3 is 2.39 bits per heavy atom. The molecule has 2 amide bonds. The van der Waals surface area contributed by atoms with E-state index in [-0.39, 0.29) is 17.4 Å². The molecule has 200 valence electrons. The molecule has 1 fully saturated rings. The summed E-state index contributed by atoms with van der Waals surface area (Å²) in [5.74, 6) is 0.565. The second-order valence-corrected chi connectivity index (χ2v) is 11.3. The minimum atomic E-state index is -0.232. The first kappa shape index (κ1) is 29.1. The van der Waals surface area contributed by atoms with E-state index in [2.05, 4.69) is 5.32 Å². The number of anilines is 1. The summed E-state index contributed by atoms with van der Waals surface area (Å²) in [7, 11) is 3.38. The first-order valence-electron chi connectivity index (χ1n) is 12.2. The Bertz CT molecular complexity index is 1430. The van der Waals surface area contributed by atoms with Crippen LogP contribution in [0.3, 0.4) is 0 Å². The molecule has 10 heteroatoms. The maximum Gasteiger partial charge on any atom is 0.267 e. The Kier molecular flexibility index (Phi) is 9.82. The molecule has 2 aromatic heterocycles. The summed E-state index contributed by atoms with van der Waals surface area (Å²) in [6.07, 6.45) is 4.07. The van der Waals surface area contributed by atoms with Crippen molar-refractivity contribution in [2.75, 3.05) is 26.0 Å². The van der Waals surface area contributed by atoms with Crippen molar-refractivity contribution < 1.29 is 9.59 Å². The summed E-state index contributed by atoms with van der Waals surface area (Å²) in [6, 6.07) is 11.9. The van der Waals surface area contributed by atoms with Gasteiger partial charge in [-0.25, -0.2) is 4.98 Å². The van der Waals surface area contributed by atoms with Crippen molar-refractivity contribution in [2.45, 2.75) is 34.2 Å². The summed E-state index contributed by atoms with van der Waals surface area (Å²) in [4.78, 5) is 44.1. The average Bonchev–Trinajstić information content (AvgIpc) is 3.13. The quantitative estimate of drug-likeness (QED) is 0.263. The fraction of sp³-hybridized carbons (Fsp3) is 0.321. The minimum Gasteiger partial charge on any atom is -0.365 e. The Labute approximate surface area is 232 Å². The van der Waals surface area contributed by atoms with Crippen LogP contribution in [0.4, 0.5) is 5.82 Å². The SMILES string of the molecule is CN(C)C=O.Cc1ccc(CNc2nc3c(C)cccn3c(=O)c2/C=C2\SC(=S)N(CC(C)C)C2=O)cc1. The molecule has 0 unspecified atom stereocenters. The third-order valence-electron chi connectivity index (χ3n) is 5.57. The lowest BCUT2D eigenvalue weighted by atomic mass is 10.1. The van der Waals surface area contributed by atoms with Crippen molar-refractivity contribution in [3.63, 3.8) is 0 Å². The lowest BCUT2D eigenvalue weighted by Gasteiger charge is -2.16. The lowest BCUT2D eigenvalue weighted by Crippen LogP contribution is -2.31. The molecular formula is C28H33N5O3S2. The number of nitrogens with one attached hydrogen (secondary N) is 1. The van der Waals surface area contributed by atoms with Crippen LogP contribution in [0.1, 0.15) is 36.1 Å². The van der Waals surface area contributed by atoms with Gasteiger partial charge in [0.1, 0.15) is 15.8 Å².